The number of carbonyl (C=O) groups excluding carboxylic acids is 2. The Morgan fingerprint density at radius 2 is 2.00 bits per heavy atom. The fourth-order valence-corrected chi connectivity index (χ4v) is 1.77. The Kier molecular flexibility index (Phi) is 7.36. The molecule has 2 atom stereocenters. The van der Waals surface area contributed by atoms with Crippen LogP contribution in [0.5, 0.6) is 0 Å². The molecule has 1 aromatic heterocycles. The molecule has 0 spiro atoms. The van der Waals surface area contributed by atoms with Crippen LogP contribution in [0.25, 0.3) is 0 Å². The Labute approximate surface area is 136 Å². The van der Waals surface area contributed by atoms with Gasteiger partial charge in [0.1, 0.15) is 6.04 Å². The second kappa shape index (κ2) is 9.25. The second-order valence-corrected chi connectivity index (χ2v) is 5.00. The van der Waals surface area contributed by atoms with Crippen LogP contribution in [0.1, 0.15) is 18.5 Å². The van der Waals surface area contributed by atoms with E-state index in [4.69, 9.17) is 15.9 Å². The van der Waals surface area contributed by atoms with Crippen molar-refractivity contribution < 1.29 is 29.4 Å². The van der Waals surface area contributed by atoms with E-state index in [1.807, 2.05) is 0 Å². The molecule has 0 bridgehead atoms. The van der Waals surface area contributed by atoms with Gasteiger partial charge < -0.3 is 31.6 Å². The molecule has 7 N–H and O–H groups in total. The van der Waals surface area contributed by atoms with E-state index >= 15 is 0 Å². The third-order valence-electron chi connectivity index (χ3n) is 3.04. The van der Waals surface area contributed by atoms with Crippen LogP contribution in [0.4, 0.5) is 0 Å². The maximum absolute atomic E-state index is 11.7. The molecule has 2 amide bonds. The summed E-state index contributed by atoms with van der Waals surface area (Å²) in [4.78, 5) is 51.3. The van der Waals surface area contributed by atoms with Crippen LogP contribution in [0.2, 0.25) is 0 Å². The Morgan fingerprint density at radius 3 is 2.54 bits per heavy atom. The number of nitrogens with zero attached hydrogens (tertiary/aromatic N) is 1. The number of nitrogens with two attached hydrogens (primary N) is 1. The first-order chi connectivity index (χ1) is 11.3. The molecular weight excluding hydrogens is 322 g/mol. The van der Waals surface area contributed by atoms with Crippen molar-refractivity contribution in [2.45, 2.75) is 31.3 Å². The molecule has 24 heavy (non-hydrogen) atoms. The molecule has 2 unspecified atom stereocenters. The zero-order valence-corrected chi connectivity index (χ0v) is 12.7. The number of nitrogens with one attached hydrogen (secondary N) is 3. The zero-order valence-electron chi connectivity index (χ0n) is 12.7. The molecule has 0 aliphatic carbocycles. The normalized spacial score (nSPS) is 12.9. The van der Waals surface area contributed by atoms with Gasteiger partial charge in [0.25, 0.3) is 0 Å². The molecule has 11 nitrogen and oxygen atoms in total. The molecule has 0 radical (unpaired) electrons. The number of carbonyl (C=O) groups is 4. The van der Waals surface area contributed by atoms with Gasteiger partial charge in [-0.15, -0.1) is 0 Å². The molecule has 0 saturated carbocycles. The molecule has 1 rings (SSSR count). The molecule has 1 heterocycles. The van der Waals surface area contributed by atoms with Crippen LogP contribution < -0.4 is 16.4 Å². The minimum absolute atomic E-state index is 0.00709. The molecule has 11 heteroatoms. The highest BCUT2D eigenvalue weighted by atomic mass is 16.4. The van der Waals surface area contributed by atoms with Gasteiger partial charge in [-0.3, -0.25) is 14.4 Å². The average Bonchev–Trinajstić information content (AvgIpc) is 3.02. The molecule has 132 valence electrons. The van der Waals surface area contributed by atoms with Gasteiger partial charge in [-0.05, 0) is 6.42 Å². The number of aromatic nitrogens is 2. The Morgan fingerprint density at radius 1 is 1.29 bits per heavy atom. The summed E-state index contributed by atoms with van der Waals surface area (Å²) in [5.74, 6) is -3.71. The second-order valence-electron chi connectivity index (χ2n) is 5.00. The van der Waals surface area contributed by atoms with Gasteiger partial charge in [-0.1, -0.05) is 0 Å². The van der Waals surface area contributed by atoms with Gasteiger partial charge in [0.05, 0.1) is 18.9 Å². The maximum Gasteiger partial charge on any atom is 0.326 e. The quantitative estimate of drug-likeness (QED) is 0.277. The maximum atomic E-state index is 11.7. The highest BCUT2D eigenvalue weighted by molar-refractivity contribution is 5.89. The van der Waals surface area contributed by atoms with Crippen LogP contribution >= 0.6 is 0 Å². The SMILES string of the molecule is NC(CCC(=O)O)C(=O)NCC(=O)NC(Cc1cnc[nH]1)C(=O)O. The van der Waals surface area contributed by atoms with E-state index < -0.39 is 42.4 Å². The minimum atomic E-state index is -1.23. The van der Waals surface area contributed by atoms with Crippen molar-refractivity contribution in [1.29, 1.82) is 0 Å². The van der Waals surface area contributed by atoms with Gasteiger partial charge >= 0.3 is 11.9 Å². The van der Waals surface area contributed by atoms with Gasteiger partial charge in [-0.25, -0.2) is 9.78 Å². The highest BCUT2D eigenvalue weighted by Crippen LogP contribution is 1.99. The predicted molar refractivity (Wildman–Crippen MR) is 79.7 cm³/mol. The third kappa shape index (κ3) is 6.87. The lowest BCUT2D eigenvalue weighted by Crippen LogP contribution is -2.49. The Bertz CT molecular complexity index is 588. The average molecular weight is 341 g/mol. The van der Waals surface area contributed by atoms with E-state index in [2.05, 4.69) is 20.6 Å². The molecule has 0 aromatic carbocycles. The van der Waals surface area contributed by atoms with Crippen LogP contribution in [-0.4, -0.2) is 62.6 Å². The molecule has 0 aliphatic heterocycles. The third-order valence-corrected chi connectivity index (χ3v) is 3.04. The Hall–Kier alpha value is -2.95. The predicted octanol–water partition coefficient (Wildman–Crippen LogP) is -2.17. The summed E-state index contributed by atoms with van der Waals surface area (Å²) in [6, 6.07) is -2.25. The van der Waals surface area contributed by atoms with E-state index in [1.165, 1.54) is 12.5 Å². The highest BCUT2D eigenvalue weighted by Gasteiger charge is 2.22. The van der Waals surface area contributed by atoms with Gasteiger partial charge in [0, 0.05) is 24.7 Å². The van der Waals surface area contributed by atoms with Crippen molar-refractivity contribution in [1.82, 2.24) is 20.6 Å². The number of imidazole rings is 1. The van der Waals surface area contributed by atoms with Gasteiger partial charge in [0.15, 0.2) is 0 Å². The van der Waals surface area contributed by atoms with Crippen molar-refractivity contribution in [2.75, 3.05) is 6.54 Å². The summed E-state index contributed by atoms with van der Waals surface area (Å²) >= 11 is 0. The number of carboxylic acid groups (broad SMARTS) is 2. The molecule has 0 aliphatic rings. The van der Waals surface area contributed by atoms with Crippen molar-refractivity contribution in [3.8, 4) is 0 Å². The van der Waals surface area contributed by atoms with E-state index in [0.29, 0.717) is 5.69 Å². The number of hydrogen-bond donors (Lipinski definition) is 6. The standard InChI is InChI=1S/C13H19N5O6/c14-8(1-2-11(20)21)12(22)16-5-10(19)18-9(13(23)24)3-7-4-15-6-17-7/h4,6,8-9H,1-3,5,14H2,(H,15,17)(H,16,22)(H,18,19)(H,20,21)(H,23,24). The molecule has 0 saturated heterocycles. The first kappa shape index (κ1) is 19.1. The van der Waals surface area contributed by atoms with E-state index in [1.54, 1.807) is 0 Å². The summed E-state index contributed by atoms with van der Waals surface area (Å²) in [6.07, 6.45) is 2.49. The first-order valence-electron chi connectivity index (χ1n) is 7.04. The van der Waals surface area contributed by atoms with Crippen LogP contribution in [-0.2, 0) is 25.6 Å². The van der Waals surface area contributed by atoms with Crippen LogP contribution in [0.3, 0.4) is 0 Å². The lowest BCUT2D eigenvalue weighted by atomic mass is 10.1. The van der Waals surface area contributed by atoms with E-state index in [9.17, 15) is 19.2 Å². The molecule has 0 fully saturated rings. The van der Waals surface area contributed by atoms with Crippen molar-refractivity contribution in [3.63, 3.8) is 0 Å². The van der Waals surface area contributed by atoms with Gasteiger partial charge in [-0.2, -0.15) is 0 Å². The monoisotopic (exact) mass is 341 g/mol. The largest absolute Gasteiger partial charge is 0.481 e. The molecular formula is C13H19N5O6. The number of rotatable bonds is 10. The van der Waals surface area contributed by atoms with Crippen LogP contribution in [0.15, 0.2) is 12.5 Å². The number of amides is 2. The van der Waals surface area contributed by atoms with Gasteiger partial charge in [0.2, 0.25) is 11.8 Å². The summed E-state index contributed by atoms with van der Waals surface area (Å²) in [7, 11) is 0. The number of hydrogen-bond acceptors (Lipinski definition) is 6. The summed E-state index contributed by atoms with van der Waals surface area (Å²) in [6.45, 7) is -0.466. The summed E-state index contributed by atoms with van der Waals surface area (Å²) < 4.78 is 0. The van der Waals surface area contributed by atoms with Crippen LogP contribution in [0, 0.1) is 0 Å². The van der Waals surface area contributed by atoms with E-state index in [0.717, 1.165) is 0 Å². The fraction of sp³-hybridized carbons (Fsp3) is 0.462. The molecule has 1 aromatic rings. The summed E-state index contributed by atoms with van der Waals surface area (Å²) in [5.41, 5.74) is 6.01. The number of carboxylic acids is 2. The van der Waals surface area contributed by atoms with Crippen molar-refractivity contribution >= 4 is 23.8 Å². The lowest BCUT2D eigenvalue weighted by molar-refractivity contribution is -0.141. The number of aliphatic carboxylic acids is 2. The topological polar surface area (TPSA) is 188 Å². The minimum Gasteiger partial charge on any atom is -0.481 e. The first-order valence-corrected chi connectivity index (χ1v) is 7.04. The number of aromatic amines is 1. The zero-order chi connectivity index (χ0) is 18.1. The van der Waals surface area contributed by atoms with Crippen molar-refractivity contribution in [2.24, 2.45) is 5.73 Å². The Balaban J connectivity index is 2.41. The van der Waals surface area contributed by atoms with Crippen molar-refractivity contribution in [3.05, 3.63) is 18.2 Å². The summed E-state index contributed by atoms with van der Waals surface area (Å²) in [5, 5.41) is 22.1. The fourth-order valence-electron chi connectivity index (χ4n) is 1.77. The lowest BCUT2D eigenvalue weighted by Gasteiger charge is -2.15. The number of H-pyrrole nitrogens is 1. The smallest absolute Gasteiger partial charge is 0.326 e. The van der Waals surface area contributed by atoms with E-state index in [-0.39, 0.29) is 19.3 Å².